The zero-order valence-electron chi connectivity index (χ0n) is 9.74. The quantitative estimate of drug-likeness (QED) is 0.864. The van der Waals surface area contributed by atoms with Crippen molar-refractivity contribution in [3.63, 3.8) is 0 Å². The highest BCUT2D eigenvalue weighted by molar-refractivity contribution is 5.15. The molecule has 1 aromatic carbocycles. The first-order chi connectivity index (χ1) is 8.28. The first-order valence-corrected chi connectivity index (χ1v) is 5.66. The fourth-order valence-electron chi connectivity index (χ4n) is 1.51. The van der Waals surface area contributed by atoms with Gasteiger partial charge in [0.05, 0.1) is 12.7 Å². The Bertz CT molecular complexity index is 465. The number of benzene rings is 1. The van der Waals surface area contributed by atoms with E-state index in [0.717, 1.165) is 17.7 Å². The van der Waals surface area contributed by atoms with Gasteiger partial charge in [-0.25, -0.2) is 9.37 Å². The minimum atomic E-state index is -0.214. The van der Waals surface area contributed by atoms with Crippen LogP contribution in [0.3, 0.4) is 0 Å². The average Bonchev–Trinajstić information content (AvgIpc) is 2.80. The number of aryl methyl sites for hydroxylation is 1. The average molecular weight is 234 g/mol. The van der Waals surface area contributed by atoms with E-state index in [9.17, 15) is 4.39 Å². The summed E-state index contributed by atoms with van der Waals surface area (Å²) in [6.07, 6.45) is 2.60. The first-order valence-electron chi connectivity index (χ1n) is 5.66. The van der Waals surface area contributed by atoms with Crippen molar-refractivity contribution < 1.29 is 8.81 Å². The van der Waals surface area contributed by atoms with Crippen LogP contribution in [0.2, 0.25) is 0 Å². The van der Waals surface area contributed by atoms with E-state index in [0.29, 0.717) is 19.0 Å². The van der Waals surface area contributed by atoms with Crippen molar-refractivity contribution in [2.45, 2.75) is 26.4 Å². The number of halogens is 1. The molecule has 0 aliphatic rings. The van der Waals surface area contributed by atoms with E-state index in [-0.39, 0.29) is 5.82 Å². The summed E-state index contributed by atoms with van der Waals surface area (Å²) < 4.78 is 18.1. The van der Waals surface area contributed by atoms with Crippen LogP contribution in [0.1, 0.15) is 24.1 Å². The standard InChI is InChI=1S/C13H15FN2O/c1-2-12-8-16-13(17-12)9-15-7-10-3-5-11(14)6-4-10/h3-6,8,15H,2,7,9H2,1H3. The SMILES string of the molecule is CCc1cnc(CNCc2ccc(F)cc2)o1. The molecule has 0 unspecified atom stereocenters. The van der Waals surface area contributed by atoms with Crippen molar-refractivity contribution in [1.29, 1.82) is 0 Å². The maximum Gasteiger partial charge on any atom is 0.208 e. The van der Waals surface area contributed by atoms with Crippen molar-refractivity contribution in [2.75, 3.05) is 0 Å². The van der Waals surface area contributed by atoms with Crippen molar-refractivity contribution in [3.8, 4) is 0 Å². The van der Waals surface area contributed by atoms with Crippen LogP contribution in [0.15, 0.2) is 34.9 Å². The third-order valence-corrected chi connectivity index (χ3v) is 2.47. The van der Waals surface area contributed by atoms with E-state index in [4.69, 9.17) is 4.42 Å². The van der Waals surface area contributed by atoms with Gasteiger partial charge in [-0.1, -0.05) is 19.1 Å². The fourth-order valence-corrected chi connectivity index (χ4v) is 1.51. The second kappa shape index (κ2) is 5.59. The maximum atomic E-state index is 12.7. The predicted octanol–water partition coefficient (Wildman–Crippen LogP) is 2.67. The molecule has 0 aliphatic carbocycles. The molecule has 4 heteroatoms. The molecule has 0 spiro atoms. The summed E-state index contributed by atoms with van der Waals surface area (Å²) in [4.78, 5) is 4.14. The molecule has 0 saturated heterocycles. The van der Waals surface area contributed by atoms with E-state index in [1.54, 1.807) is 18.3 Å². The van der Waals surface area contributed by atoms with E-state index in [1.165, 1.54) is 12.1 Å². The van der Waals surface area contributed by atoms with E-state index in [2.05, 4.69) is 10.3 Å². The summed E-state index contributed by atoms with van der Waals surface area (Å²) in [5.41, 5.74) is 1.04. The molecule has 3 nitrogen and oxygen atoms in total. The van der Waals surface area contributed by atoms with Crippen LogP contribution in [-0.4, -0.2) is 4.98 Å². The van der Waals surface area contributed by atoms with Crippen LogP contribution >= 0.6 is 0 Å². The summed E-state index contributed by atoms with van der Waals surface area (Å²) in [5.74, 6) is 1.36. The minimum Gasteiger partial charge on any atom is -0.444 e. The Labute approximate surface area is 99.7 Å². The van der Waals surface area contributed by atoms with Gasteiger partial charge in [-0.3, -0.25) is 0 Å². The molecule has 0 fully saturated rings. The Kier molecular flexibility index (Phi) is 3.88. The molecule has 0 saturated carbocycles. The predicted molar refractivity (Wildman–Crippen MR) is 62.8 cm³/mol. The Morgan fingerprint density at radius 1 is 1.24 bits per heavy atom. The summed E-state index contributed by atoms with van der Waals surface area (Å²) in [5, 5.41) is 3.20. The highest BCUT2D eigenvalue weighted by atomic mass is 19.1. The highest BCUT2D eigenvalue weighted by Gasteiger charge is 2.01. The second-order valence-electron chi connectivity index (χ2n) is 3.80. The molecule has 0 radical (unpaired) electrons. The molecular weight excluding hydrogens is 219 g/mol. The molecule has 0 atom stereocenters. The van der Waals surface area contributed by atoms with Crippen LogP contribution in [-0.2, 0) is 19.5 Å². The lowest BCUT2D eigenvalue weighted by molar-refractivity contribution is 0.439. The van der Waals surface area contributed by atoms with Gasteiger partial charge >= 0.3 is 0 Å². The number of nitrogens with one attached hydrogen (secondary N) is 1. The van der Waals surface area contributed by atoms with Crippen molar-refractivity contribution in [3.05, 3.63) is 53.5 Å². The van der Waals surface area contributed by atoms with Gasteiger partial charge in [-0.05, 0) is 17.7 Å². The molecular formula is C13H15FN2O. The Hall–Kier alpha value is -1.68. The van der Waals surface area contributed by atoms with Gasteiger partial charge in [0, 0.05) is 13.0 Å². The Morgan fingerprint density at radius 2 is 2.00 bits per heavy atom. The third kappa shape index (κ3) is 3.39. The molecule has 1 N–H and O–H groups in total. The number of hydrogen-bond donors (Lipinski definition) is 1. The number of oxazole rings is 1. The van der Waals surface area contributed by atoms with E-state index >= 15 is 0 Å². The van der Waals surface area contributed by atoms with Crippen LogP contribution in [0.5, 0.6) is 0 Å². The summed E-state index contributed by atoms with van der Waals surface area (Å²) in [7, 11) is 0. The largest absolute Gasteiger partial charge is 0.444 e. The lowest BCUT2D eigenvalue weighted by Crippen LogP contribution is -2.12. The number of rotatable bonds is 5. The number of aromatic nitrogens is 1. The molecule has 90 valence electrons. The number of nitrogens with zero attached hydrogens (tertiary/aromatic N) is 1. The van der Waals surface area contributed by atoms with Gasteiger partial charge in [0.1, 0.15) is 11.6 Å². The molecule has 2 aromatic rings. The van der Waals surface area contributed by atoms with E-state index in [1.807, 2.05) is 6.92 Å². The van der Waals surface area contributed by atoms with Gasteiger partial charge in [0.15, 0.2) is 0 Å². The summed E-state index contributed by atoms with van der Waals surface area (Å²) in [6.45, 7) is 3.28. The first kappa shape index (κ1) is 11.8. The van der Waals surface area contributed by atoms with Gasteiger partial charge in [-0.2, -0.15) is 0 Å². The Morgan fingerprint density at radius 3 is 2.65 bits per heavy atom. The number of hydrogen-bond acceptors (Lipinski definition) is 3. The smallest absolute Gasteiger partial charge is 0.208 e. The van der Waals surface area contributed by atoms with Gasteiger partial charge < -0.3 is 9.73 Å². The fraction of sp³-hybridized carbons (Fsp3) is 0.308. The minimum absolute atomic E-state index is 0.214. The second-order valence-corrected chi connectivity index (χ2v) is 3.80. The van der Waals surface area contributed by atoms with Crippen LogP contribution in [0.4, 0.5) is 4.39 Å². The van der Waals surface area contributed by atoms with Crippen molar-refractivity contribution >= 4 is 0 Å². The lowest BCUT2D eigenvalue weighted by Gasteiger charge is -2.02. The lowest BCUT2D eigenvalue weighted by atomic mass is 10.2. The molecule has 1 heterocycles. The molecule has 17 heavy (non-hydrogen) atoms. The topological polar surface area (TPSA) is 38.1 Å². The van der Waals surface area contributed by atoms with Gasteiger partial charge in [0.2, 0.25) is 5.89 Å². The third-order valence-electron chi connectivity index (χ3n) is 2.47. The molecule has 1 aromatic heterocycles. The van der Waals surface area contributed by atoms with Crippen LogP contribution in [0, 0.1) is 5.82 Å². The molecule has 0 bridgehead atoms. The highest BCUT2D eigenvalue weighted by Crippen LogP contribution is 2.05. The van der Waals surface area contributed by atoms with Crippen LogP contribution < -0.4 is 5.32 Å². The molecule has 0 aliphatic heterocycles. The Balaban J connectivity index is 1.81. The summed E-state index contributed by atoms with van der Waals surface area (Å²) >= 11 is 0. The normalized spacial score (nSPS) is 10.7. The van der Waals surface area contributed by atoms with Crippen molar-refractivity contribution in [1.82, 2.24) is 10.3 Å². The maximum absolute atomic E-state index is 12.7. The van der Waals surface area contributed by atoms with Gasteiger partial charge in [-0.15, -0.1) is 0 Å². The summed E-state index contributed by atoms with van der Waals surface area (Å²) in [6, 6.07) is 6.43. The van der Waals surface area contributed by atoms with Crippen LogP contribution in [0.25, 0.3) is 0 Å². The zero-order valence-corrected chi connectivity index (χ0v) is 9.74. The van der Waals surface area contributed by atoms with E-state index < -0.39 is 0 Å². The zero-order chi connectivity index (χ0) is 12.1. The monoisotopic (exact) mass is 234 g/mol. The van der Waals surface area contributed by atoms with Crippen molar-refractivity contribution in [2.24, 2.45) is 0 Å². The molecule has 2 rings (SSSR count). The molecule has 0 amide bonds. The van der Waals surface area contributed by atoms with Gasteiger partial charge in [0.25, 0.3) is 0 Å².